The van der Waals surface area contributed by atoms with Gasteiger partial charge in [-0.3, -0.25) is 4.79 Å². The second-order valence-corrected chi connectivity index (χ2v) is 14.0. The predicted molar refractivity (Wildman–Crippen MR) is 193 cm³/mol. The molecule has 47 heavy (non-hydrogen) atoms. The Morgan fingerprint density at radius 1 is 0.489 bits per heavy atom. The number of hydrogen-bond acceptors (Lipinski definition) is 7. The molecule has 1 aliphatic heterocycles. The van der Waals surface area contributed by atoms with Gasteiger partial charge in [-0.25, -0.2) is 9.59 Å². The Hall–Kier alpha value is -1.63. The summed E-state index contributed by atoms with van der Waals surface area (Å²) in [5.41, 5.74) is 0. The van der Waals surface area contributed by atoms with E-state index in [4.69, 9.17) is 14.2 Å². The van der Waals surface area contributed by atoms with Crippen LogP contribution in [0, 0.1) is 0 Å². The number of ether oxygens (including phenoxy) is 3. The Morgan fingerprint density at radius 3 is 1.15 bits per heavy atom. The van der Waals surface area contributed by atoms with Crippen LogP contribution in [0.15, 0.2) is 0 Å². The molecule has 0 saturated carbocycles. The maximum atomic E-state index is 12.8. The first kappa shape index (κ1) is 43.4. The van der Waals surface area contributed by atoms with E-state index >= 15 is 0 Å². The third-order valence-corrected chi connectivity index (χ3v) is 9.47. The topological polar surface area (TPSA) is 82.1 Å². The highest BCUT2D eigenvalue weighted by Crippen LogP contribution is 2.15. The number of carbonyl (C=O) groups is 3. The molecule has 1 rings (SSSR count). The summed E-state index contributed by atoms with van der Waals surface area (Å²) in [6.07, 6.45) is 32.5. The highest BCUT2D eigenvalue weighted by Gasteiger charge is 2.34. The van der Waals surface area contributed by atoms with Gasteiger partial charge in [0.15, 0.2) is 0 Å². The molecule has 0 aromatic heterocycles. The molecule has 0 radical (unpaired) electrons. The fraction of sp³-hybridized carbons (Fsp3) is 0.925. The summed E-state index contributed by atoms with van der Waals surface area (Å²) in [5, 5.41) is 0. The first-order valence-corrected chi connectivity index (χ1v) is 20.3. The van der Waals surface area contributed by atoms with Gasteiger partial charge in [0.1, 0.15) is 0 Å². The van der Waals surface area contributed by atoms with Crippen molar-refractivity contribution in [3.8, 4) is 0 Å². The Balaban J connectivity index is 2.21. The van der Waals surface area contributed by atoms with E-state index in [-0.39, 0.29) is 19.6 Å². The molecule has 1 aliphatic rings. The van der Waals surface area contributed by atoms with Gasteiger partial charge < -0.3 is 19.1 Å². The maximum Gasteiger partial charge on any atom is 0.359 e. The summed E-state index contributed by atoms with van der Waals surface area (Å²) in [4.78, 5) is 40.4. The second kappa shape index (κ2) is 32.9. The van der Waals surface area contributed by atoms with Crippen LogP contribution in [0.1, 0.15) is 200 Å². The molecule has 0 N–H and O–H groups in total. The molecule has 7 nitrogen and oxygen atoms in total. The Labute approximate surface area is 290 Å². The van der Waals surface area contributed by atoms with E-state index < -0.39 is 24.0 Å². The molecule has 0 spiro atoms. The smallest absolute Gasteiger partial charge is 0.359 e. The molecule has 0 aromatic rings. The SMILES string of the molecule is CCCCCCCCCCCCCCCOC(=O)C(OC(=O)CCCN1CCC1)C(=O)OCCCCCCCCCCCCCCC. The van der Waals surface area contributed by atoms with Crippen LogP contribution < -0.4 is 0 Å². The number of esters is 3. The average Bonchev–Trinajstić information content (AvgIpc) is 3.04. The first-order chi connectivity index (χ1) is 23.1. The monoisotopic (exact) mass is 666 g/mol. The van der Waals surface area contributed by atoms with E-state index in [0.717, 1.165) is 58.2 Å². The minimum absolute atomic E-state index is 0.172. The first-order valence-electron chi connectivity index (χ1n) is 20.3. The van der Waals surface area contributed by atoms with Crippen molar-refractivity contribution in [1.29, 1.82) is 0 Å². The lowest BCUT2D eigenvalue weighted by Gasteiger charge is -2.30. The van der Waals surface area contributed by atoms with Gasteiger partial charge in [0.2, 0.25) is 0 Å². The number of nitrogens with zero attached hydrogens (tertiary/aromatic N) is 1. The van der Waals surface area contributed by atoms with Crippen LogP contribution in [0.25, 0.3) is 0 Å². The quantitative estimate of drug-likeness (QED) is 0.0288. The van der Waals surface area contributed by atoms with Gasteiger partial charge in [-0.15, -0.1) is 0 Å². The zero-order chi connectivity index (χ0) is 34.0. The number of unbranched alkanes of at least 4 members (excludes halogenated alkanes) is 24. The van der Waals surface area contributed by atoms with E-state index in [2.05, 4.69) is 18.7 Å². The minimum Gasteiger partial charge on any atom is -0.462 e. The van der Waals surface area contributed by atoms with Crippen molar-refractivity contribution in [2.75, 3.05) is 32.8 Å². The van der Waals surface area contributed by atoms with E-state index in [1.807, 2.05) is 0 Å². The summed E-state index contributed by atoms with van der Waals surface area (Å²) < 4.78 is 16.1. The Kier molecular flexibility index (Phi) is 30.4. The molecule has 276 valence electrons. The Morgan fingerprint density at radius 2 is 0.830 bits per heavy atom. The highest BCUT2D eigenvalue weighted by atomic mass is 16.6. The van der Waals surface area contributed by atoms with Gasteiger partial charge in [0.05, 0.1) is 13.2 Å². The van der Waals surface area contributed by atoms with E-state index in [0.29, 0.717) is 6.42 Å². The lowest BCUT2D eigenvalue weighted by Crippen LogP contribution is -2.39. The molecular weight excluding hydrogens is 590 g/mol. The number of likely N-dealkylation sites (tertiary alicyclic amines) is 1. The van der Waals surface area contributed by atoms with Gasteiger partial charge >= 0.3 is 17.9 Å². The molecule has 7 heteroatoms. The van der Waals surface area contributed by atoms with Gasteiger partial charge in [-0.2, -0.15) is 0 Å². The zero-order valence-electron chi connectivity index (χ0n) is 31.0. The molecule has 0 bridgehead atoms. The van der Waals surface area contributed by atoms with Crippen LogP contribution >= 0.6 is 0 Å². The van der Waals surface area contributed by atoms with E-state index in [9.17, 15) is 14.4 Å². The largest absolute Gasteiger partial charge is 0.462 e. The van der Waals surface area contributed by atoms with E-state index in [1.54, 1.807) is 0 Å². The molecule has 0 aromatic carbocycles. The van der Waals surface area contributed by atoms with Gasteiger partial charge in [-0.05, 0) is 45.3 Å². The van der Waals surface area contributed by atoms with Crippen molar-refractivity contribution in [3.05, 3.63) is 0 Å². The predicted octanol–water partition coefficient (Wildman–Crippen LogP) is 10.7. The summed E-state index contributed by atoms with van der Waals surface area (Å²) >= 11 is 0. The number of rotatable bonds is 35. The summed E-state index contributed by atoms with van der Waals surface area (Å²) in [7, 11) is 0. The van der Waals surface area contributed by atoms with Crippen LogP contribution in [0.2, 0.25) is 0 Å². The van der Waals surface area contributed by atoms with Crippen molar-refractivity contribution < 1.29 is 28.6 Å². The van der Waals surface area contributed by atoms with Crippen molar-refractivity contribution >= 4 is 17.9 Å². The van der Waals surface area contributed by atoms with Crippen molar-refractivity contribution in [1.82, 2.24) is 4.90 Å². The molecule has 0 atom stereocenters. The minimum atomic E-state index is -1.63. The van der Waals surface area contributed by atoms with Gasteiger partial charge in [-0.1, -0.05) is 168 Å². The molecular formula is C40H75NO6. The van der Waals surface area contributed by atoms with Gasteiger partial charge in [0.25, 0.3) is 6.10 Å². The summed E-state index contributed by atoms with van der Waals surface area (Å²) in [5.74, 6) is -2.17. The van der Waals surface area contributed by atoms with Crippen molar-refractivity contribution in [2.24, 2.45) is 0 Å². The fourth-order valence-electron chi connectivity index (χ4n) is 6.17. The van der Waals surface area contributed by atoms with Crippen LogP contribution in [0.4, 0.5) is 0 Å². The molecule has 0 aliphatic carbocycles. The third kappa shape index (κ3) is 26.9. The standard InChI is InChI=1S/C40H75NO6/c1-3-5-7-9-11-13-15-17-19-21-23-25-27-35-45-39(43)38(47-37(42)31-29-32-41-33-30-34-41)40(44)46-36-28-26-24-22-20-18-16-14-12-10-8-6-4-2/h38H,3-36H2,1-2H3. The second-order valence-electron chi connectivity index (χ2n) is 14.0. The molecule has 0 unspecified atom stereocenters. The van der Waals surface area contributed by atoms with Crippen molar-refractivity contribution in [2.45, 2.75) is 206 Å². The fourth-order valence-corrected chi connectivity index (χ4v) is 6.17. The van der Waals surface area contributed by atoms with Crippen LogP contribution in [-0.4, -0.2) is 61.8 Å². The normalized spacial score (nSPS) is 13.1. The number of hydrogen-bond donors (Lipinski definition) is 0. The molecule has 1 fully saturated rings. The zero-order valence-corrected chi connectivity index (χ0v) is 31.0. The van der Waals surface area contributed by atoms with Gasteiger partial charge in [0, 0.05) is 6.42 Å². The molecule has 0 amide bonds. The van der Waals surface area contributed by atoms with Crippen LogP contribution in [0.3, 0.4) is 0 Å². The summed E-state index contributed by atoms with van der Waals surface area (Å²) in [6, 6.07) is 0. The Bertz CT molecular complexity index is 696. The summed E-state index contributed by atoms with van der Waals surface area (Å²) in [6.45, 7) is 7.93. The highest BCUT2D eigenvalue weighted by molar-refractivity contribution is 5.99. The molecule has 1 heterocycles. The average molecular weight is 666 g/mol. The van der Waals surface area contributed by atoms with Crippen molar-refractivity contribution in [3.63, 3.8) is 0 Å². The number of carbonyl (C=O) groups excluding carboxylic acids is 3. The van der Waals surface area contributed by atoms with E-state index in [1.165, 1.54) is 135 Å². The lowest BCUT2D eigenvalue weighted by molar-refractivity contribution is -0.180. The molecule has 1 saturated heterocycles. The third-order valence-electron chi connectivity index (χ3n) is 9.47. The van der Waals surface area contributed by atoms with Crippen LogP contribution in [-0.2, 0) is 28.6 Å². The van der Waals surface area contributed by atoms with Crippen LogP contribution in [0.5, 0.6) is 0 Å². The maximum absolute atomic E-state index is 12.8. The lowest BCUT2D eigenvalue weighted by atomic mass is 10.0.